The van der Waals surface area contributed by atoms with Gasteiger partial charge in [-0.3, -0.25) is 0 Å². The monoisotopic (exact) mass is 269 g/mol. The van der Waals surface area contributed by atoms with Gasteiger partial charge in [-0.15, -0.1) is 0 Å². The normalized spacial score (nSPS) is 10.5. The predicted molar refractivity (Wildman–Crippen MR) is 75.8 cm³/mol. The molecule has 0 amide bonds. The second-order valence-electron chi connectivity index (χ2n) is 4.25. The van der Waals surface area contributed by atoms with E-state index in [2.05, 4.69) is 15.3 Å². The third-order valence-corrected chi connectivity index (χ3v) is 2.87. The van der Waals surface area contributed by atoms with Gasteiger partial charge >= 0.3 is 0 Å². The van der Waals surface area contributed by atoms with Crippen molar-refractivity contribution in [3.8, 4) is 5.88 Å². The first-order valence-corrected chi connectivity index (χ1v) is 6.08. The summed E-state index contributed by atoms with van der Waals surface area (Å²) in [6.07, 6.45) is 1.66. The molecule has 0 unspecified atom stereocenters. The first-order valence-electron chi connectivity index (χ1n) is 6.08. The fourth-order valence-corrected chi connectivity index (χ4v) is 1.89. The van der Waals surface area contributed by atoms with Crippen LogP contribution in [-0.4, -0.2) is 17.1 Å². The van der Waals surface area contributed by atoms with Crippen LogP contribution in [0.5, 0.6) is 5.88 Å². The number of ether oxygens (including phenoxy) is 1. The topological polar surface area (TPSA) is 47.0 Å². The van der Waals surface area contributed by atoms with Gasteiger partial charge in [0.2, 0.25) is 5.88 Å². The van der Waals surface area contributed by atoms with E-state index in [0.29, 0.717) is 11.7 Å². The minimum atomic E-state index is -0.264. The number of methoxy groups -OCH3 is 1. The Morgan fingerprint density at radius 2 is 2.00 bits per heavy atom. The third-order valence-electron chi connectivity index (χ3n) is 2.87. The van der Waals surface area contributed by atoms with E-state index in [9.17, 15) is 4.39 Å². The summed E-state index contributed by atoms with van der Waals surface area (Å²) >= 11 is 0. The van der Waals surface area contributed by atoms with Crippen LogP contribution in [0, 0.1) is 5.82 Å². The Morgan fingerprint density at radius 1 is 1.10 bits per heavy atom. The molecule has 3 rings (SSSR count). The molecular formula is C15H12FN3O. The van der Waals surface area contributed by atoms with Crippen LogP contribution in [0.2, 0.25) is 0 Å². The largest absolute Gasteiger partial charge is 0.481 e. The van der Waals surface area contributed by atoms with Crippen LogP contribution in [0.3, 0.4) is 0 Å². The van der Waals surface area contributed by atoms with Gasteiger partial charge in [-0.2, -0.15) is 0 Å². The highest BCUT2D eigenvalue weighted by molar-refractivity contribution is 5.80. The number of hydrogen-bond acceptors (Lipinski definition) is 4. The molecule has 0 saturated carbocycles. The third kappa shape index (κ3) is 2.51. The first kappa shape index (κ1) is 12.3. The van der Waals surface area contributed by atoms with Gasteiger partial charge in [0.05, 0.1) is 24.5 Å². The molecule has 0 saturated heterocycles. The second-order valence-corrected chi connectivity index (χ2v) is 4.25. The summed E-state index contributed by atoms with van der Waals surface area (Å²) in [6.45, 7) is 0. The number of nitrogens with zero attached hydrogens (tertiary/aromatic N) is 2. The fraction of sp³-hybridized carbons (Fsp3) is 0.0667. The highest BCUT2D eigenvalue weighted by Gasteiger charge is 2.01. The average molecular weight is 269 g/mol. The molecule has 20 heavy (non-hydrogen) atoms. The molecule has 0 spiro atoms. The predicted octanol–water partition coefficient (Wildman–Crippen LogP) is 3.52. The minimum Gasteiger partial charge on any atom is -0.481 e. The molecule has 0 fully saturated rings. The number of aromatic nitrogens is 2. The van der Waals surface area contributed by atoms with E-state index in [1.54, 1.807) is 31.5 Å². The molecule has 2 heterocycles. The lowest BCUT2D eigenvalue weighted by Crippen LogP contribution is -1.95. The SMILES string of the molecule is COc1ccc(Nc2ccc3cc(F)ccc3n2)cn1. The van der Waals surface area contributed by atoms with Gasteiger partial charge in [-0.25, -0.2) is 14.4 Å². The number of anilines is 2. The van der Waals surface area contributed by atoms with Crippen LogP contribution in [0.25, 0.3) is 10.9 Å². The molecule has 0 aliphatic carbocycles. The second kappa shape index (κ2) is 5.13. The lowest BCUT2D eigenvalue weighted by molar-refractivity contribution is 0.398. The quantitative estimate of drug-likeness (QED) is 0.790. The summed E-state index contributed by atoms with van der Waals surface area (Å²) in [6, 6.07) is 11.7. The summed E-state index contributed by atoms with van der Waals surface area (Å²) in [5.74, 6) is 0.966. The molecule has 0 aliphatic heterocycles. The van der Waals surface area contributed by atoms with Crippen LogP contribution in [0.4, 0.5) is 15.9 Å². The van der Waals surface area contributed by atoms with E-state index in [1.165, 1.54) is 12.1 Å². The molecule has 0 bridgehead atoms. The van der Waals surface area contributed by atoms with Crippen LogP contribution in [0.1, 0.15) is 0 Å². The molecule has 0 aliphatic rings. The van der Waals surface area contributed by atoms with Crippen molar-refractivity contribution in [1.29, 1.82) is 0 Å². The zero-order chi connectivity index (χ0) is 13.9. The Kier molecular flexibility index (Phi) is 3.16. The number of rotatable bonds is 3. The summed E-state index contributed by atoms with van der Waals surface area (Å²) in [5.41, 5.74) is 1.54. The van der Waals surface area contributed by atoms with Gasteiger partial charge in [0.15, 0.2) is 0 Å². The van der Waals surface area contributed by atoms with Crippen LogP contribution in [-0.2, 0) is 0 Å². The Labute approximate surface area is 115 Å². The van der Waals surface area contributed by atoms with Crippen LogP contribution < -0.4 is 10.1 Å². The number of benzene rings is 1. The molecule has 0 radical (unpaired) electrons. The summed E-state index contributed by atoms with van der Waals surface area (Å²) < 4.78 is 18.1. The van der Waals surface area contributed by atoms with Crippen molar-refractivity contribution in [2.24, 2.45) is 0 Å². The molecule has 0 atom stereocenters. The van der Waals surface area contributed by atoms with Crippen molar-refractivity contribution in [2.75, 3.05) is 12.4 Å². The Bertz CT molecular complexity index is 744. The number of fused-ring (bicyclic) bond motifs is 1. The first-order chi connectivity index (χ1) is 9.74. The van der Waals surface area contributed by atoms with Crippen molar-refractivity contribution in [1.82, 2.24) is 9.97 Å². The Morgan fingerprint density at radius 3 is 2.75 bits per heavy atom. The molecule has 1 aromatic carbocycles. The van der Waals surface area contributed by atoms with E-state index < -0.39 is 0 Å². The van der Waals surface area contributed by atoms with Crippen molar-refractivity contribution >= 4 is 22.4 Å². The minimum absolute atomic E-state index is 0.264. The van der Waals surface area contributed by atoms with Crippen molar-refractivity contribution < 1.29 is 9.13 Å². The van der Waals surface area contributed by atoms with Gasteiger partial charge in [-0.05, 0) is 36.4 Å². The van der Waals surface area contributed by atoms with Gasteiger partial charge in [0.25, 0.3) is 0 Å². The number of halogens is 1. The molecular weight excluding hydrogens is 257 g/mol. The average Bonchev–Trinajstić information content (AvgIpc) is 2.48. The Hall–Kier alpha value is -2.69. The fourth-order valence-electron chi connectivity index (χ4n) is 1.89. The molecule has 1 N–H and O–H groups in total. The zero-order valence-electron chi connectivity index (χ0n) is 10.8. The molecule has 4 nitrogen and oxygen atoms in total. The zero-order valence-corrected chi connectivity index (χ0v) is 10.8. The van der Waals surface area contributed by atoms with Gasteiger partial charge in [0, 0.05) is 11.5 Å². The van der Waals surface area contributed by atoms with E-state index in [1.807, 2.05) is 12.1 Å². The van der Waals surface area contributed by atoms with E-state index in [-0.39, 0.29) is 5.82 Å². The van der Waals surface area contributed by atoms with Crippen LogP contribution >= 0.6 is 0 Å². The number of pyridine rings is 2. The van der Waals surface area contributed by atoms with E-state index in [4.69, 9.17) is 4.74 Å². The lowest BCUT2D eigenvalue weighted by atomic mass is 10.2. The molecule has 2 aromatic heterocycles. The molecule has 3 aromatic rings. The standard InChI is InChI=1S/C15H12FN3O/c1-20-15-7-4-12(9-17-15)18-14-6-2-10-8-11(16)3-5-13(10)19-14/h2-9H,1H3,(H,18,19). The van der Waals surface area contributed by atoms with E-state index >= 15 is 0 Å². The molecule has 5 heteroatoms. The Balaban J connectivity index is 1.88. The van der Waals surface area contributed by atoms with Crippen molar-refractivity contribution in [3.05, 3.63) is 54.5 Å². The van der Waals surface area contributed by atoms with E-state index in [0.717, 1.165) is 16.6 Å². The van der Waals surface area contributed by atoms with Gasteiger partial charge < -0.3 is 10.1 Å². The van der Waals surface area contributed by atoms with Crippen molar-refractivity contribution in [3.63, 3.8) is 0 Å². The summed E-state index contributed by atoms with van der Waals surface area (Å²) in [4.78, 5) is 8.52. The maximum atomic E-state index is 13.1. The highest BCUT2D eigenvalue weighted by atomic mass is 19.1. The number of nitrogens with one attached hydrogen (secondary N) is 1. The van der Waals surface area contributed by atoms with Gasteiger partial charge in [0.1, 0.15) is 11.6 Å². The smallest absolute Gasteiger partial charge is 0.213 e. The van der Waals surface area contributed by atoms with Crippen molar-refractivity contribution in [2.45, 2.75) is 0 Å². The maximum absolute atomic E-state index is 13.1. The molecule has 100 valence electrons. The van der Waals surface area contributed by atoms with Gasteiger partial charge in [-0.1, -0.05) is 0 Å². The summed E-state index contributed by atoms with van der Waals surface area (Å²) in [5, 5.41) is 3.91. The maximum Gasteiger partial charge on any atom is 0.213 e. The lowest BCUT2D eigenvalue weighted by Gasteiger charge is -2.07. The highest BCUT2D eigenvalue weighted by Crippen LogP contribution is 2.20. The summed E-state index contributed by atoms with van der Waals surface area (Å²) in [7, 11) is 1.57. The van der Waals surface area contributed by atoms with Crippen LogP contribution in [0.15, 0.2) is 48.7 Å². The number of hydrogen-bond donors (Lipinski definition) is 1.